The molecule has 4 rings (SSSR count). The number of nitrogens with zero attached hydrogens (tertiary/aromatic N) is 3. The molecule has 0 spiro atoms. The van der Waals surface area contributed by atoms with E-state index in [4.69, 9.17) is 0 Å². The van der Waals surface area contributed by atoms with Gasteiger partial charge in [0.05, 0.1) is 11.4 Å². The molecule has 0 bridgehead atoms. The molecule has 0 atom stereocenters. The number of imidazole rings is 1. The molecule has 1 aliphatic carbocycles. The number of hydrogen-bond donors (Lipinski definition) is 2. The summed E-state index contributed by atoms with van der Waals surface area (Å²) in [5.41, 5.74) is 4.37. The number of anilines is 2. The van der Waals surface area contributed by atoms with Crippen LogP contribution >= 0.6 is 15.9 Å². The molecule has 0 unspecified atom stereocenters. The number of halogens is 1. The second-order valence-electron chi connectivity index (χ2n) is 8.23. The van der Waals surface area contributed by atoms with Crippen molar-refractivity contribution in [2.24, 2.45) is 5.92 Å². The van der Waals surface area contributed by atoms with Crippen molar-refractivity contribution in [2.45, 2.75) is 59.9 Å². The number of aryl methyl sites for hydroxylation is 3. The molecule has 1 aromatic heterocycles. The third kappa shape index (κ3) is 5.06. The van der Waals surface area contributed by atoms with Crippen LogP contribution in [-0.2, 0) is 13.0 Å². The van der Waals surface area contributed by atoms with Crippen molar-refractivity contribution >= 4 is 33.5 Å². The predicted molar refractivity (Wildman–Crippen MR) is 125 cm³/mol. The van der Waals surface area contributed by atoms with Gasteiger partial charge in [-0.1, -0.05) is 19.9 Å². The molecule has 30 heavy (non-hydrogen) atoms. The molecule has 164 valence electrons. The van der Waals surface area contributed by atoms with E-state index in [0.29, 0.717) is 24.4 Å². The van der Waals surface area contributed by atoms with Crippen molar-refractivity contribution in [3.8, 4) is 0 Å². The van der Waals surface area contributed by atoms with Gasteiger partial charge in [-0.3, -0.25) is 0 Å². The van der Waals surface area contributed by atoms with Gasteiger partial charge in [-0.25, -0.2) is 9.78 Å². The van der Waals surface area contributed by atoms with E-state index in [0.717, 1.165) is 34.1 Å². The van der Waals surface area contributed by atoms with E-state index in [1.807, 2.05) is 11.5 Å². The zero-order chi connectivity index (χ0) is 21.8. The lowest BCUT2D eigenvalue weighted by Crippen LogP contribution is -2.16. The summed E-state index contributed by atoms with van der Waals surface area (Å²) in [6, 6.07) is 4.21. The van der Waals surface area contributed by atoms with Gasteiger partial charge in [-0.2, -0.15) is 0 Å². The van der Waals surface area contributed by atoms with E-state index < -0.39 is 5.97 Å². The number of benzene rings is 1. The Hall–Kier alpha value is -1.86. The van der Waals surface area contributed by atoms with Crippen molar-refractivity contribution in [1.82, 2.24) is 14.9 Å². The van der Waals surface area contributed by atoms with Crippen molar-refractivity contribution in [3.63, 3.8) is 0 Å². The standard InChI is InChI=1S/C16H18BrN3O2.C7H15N/c1-4-12-14(15(21)22)20-6-5-19(16(20)18-12)13-10(3)7-9(2)8-11(13)17;1-2-5-8-6-7-3-4-7/h7-8H,4-6H2,1-3H3,(H,21,22);7-8H,2-6H2,1H3. The summed E-state index contributed by atoms with van der Waals surface area (Å²) >= 11 is 3.64. The third-order valence-corrected chi connectivity index (χ3v) is 6.18. The van der Waals surface area contributed by atoms with Crippen molar-refractivity contribution in [1.29, 1.82) is 0 Å². The minimum absolute atomic E-state index is 0.320. The molecule has 2 N–H and O–H groups in total. The summed E-state index contributed by atoms with van der Waals surface area (Å²) in [6.07, 6.45) is 4.82. The number of aromatic carboxylic acids is 1. The fourth-order valence-corrected chi connectivity index (χ4v) is 4.85. The topological polar surface area (TPSA) is 70.4 Å². The average molecular weight is 477 g/mol. The quantitative estimate of drug-likeness (QED) is 0.545. The number of carbonyl (C=O) groups is 1. The summed E-state index contributed by atoms with van der Waals surface area (Å²) in [5.74, 6) is 0.862. The molecule has 0 radical (unpaired) electrons. The van der Waals surface area contributed by atoms with Crippen LogP contribution in [0.2, 0.25) is 0 Å². The van der Waals surface area contributed by atoms with Gasteiger partial charge in [-0.05, 0) is 91.7 Å². The van der Waals surface area contributed by atoms with E-state index in [-0.39, 0.29) is 0 Å². The van der Waals surface area contributed by atoms with Crippen LogP contribution in [0.1, 0.15) is 60.4 Å². The van der Waals surface area contributed by atoms with Crippen LogP contribution in [0.25, 0.3) is 0 Å². The van der Waals surface area contributed by atoms with E-state index in [1.165, 1.54) is 37.9 Å². The van der Waals surface area contributed by atoms with Gasteiger partial charge in [-0.15, -0.1) is 0 Å². The van der Waals surface area contributed by atoms with Gasteiger partial charge in [0, 0.05) is 17.6 Å². The Morgan fingerprint density at radius 1 is 1.27 bits per heavy atom. The Morgan fingerprint density at radius 3 is 2.57 bits per heavy atom. The highest BCUT2D eigenvalue weighted by Crippen LogP contribution is 2.39. The molecule has 2 heterocycles. The number of carboxylic acids is 1. The van der Waals surface area contributed by atoms with Crippen molar-refractivity contribution < 1.29 is 9.90 Å². The van der Waals surface area contributed by atoms with Gasteiger partial charge in [0.1, 0.15) is 0 Å². The summed E-state index contributed by atoms with van der Waals surface area (Å²) in [7, 11) is 0. The van der Waals surface area contributed by atoms with Crippen LogP contribution in [0.4, 0.5) is 11.6 Å². The highest BCUT2D eigenvalue weighted by molar-refractivity contribution is 9.10. The Kier molecular flexibility index (Phi) is 7.58. The number of rotatable bonds is 7. The van der Waals surface area contributed by atoms with Gasteiger partial charge < -0.3 is 19.9 Å². The molecule has 1 fully saturated rings. The van der Waals surface area contributed by atoms with Gasteiger partial charge in [0.25, 0.3) is 0 Å². The summed E-state index contributed by atoms with van der Waals surface area (Å²) in [6.45, 7) is 12.1. The summed E-state index contributed by atoms with van der Waals surface area (Å²) < 4.78 is 2.82. The summed E-state index contributed by atoms with van der Waals surface area (Å²) in [4.78, 5) is 18.2. The van der Waals surface area contributed by atoms with Gasteiger partial charge in [0.2, 0.25) is 5.95 Å². The predicted octanol–water partition coefficient (Wildman–Crippen LogP) is 5.07. The van der Waals surface area contributed by atoms with Crippen LogP contribution in [0, 0.1) is 19.8 Å². The molecule has 1 saturated carbocycles. The van der Waals surface area contributed by atoms with Crippen LogP contribution in [0.5, 0.6) is 0 Å². The van der Waals surface area contributed by atoms with E-state index in [9.17, 15) is 9.90 Å². The van der Waals surface area contributed by atoms with Crippen molar-refractivity contribution in [2.75, 3.05) is 24.5 Å². The molecule has 2 aromatic rings. The monoisotopic (exact) mass is 476 g/mol. The number of aromatic nitrogens is 2. The Labute approximate surface area is 187 Å². The Balaban J connectivity index is 0.000000269. The molecule has 1 aromatic carbocycles. The highest BCUT2D eigenvalue weighted by Gasteiger charge is 2.31. The van der Waals surface area contributed by atoms with Gasteiger partial charge >= 0.3 is 5.97 Å². The molecule has 2 aliphatic rings. The lowest BCUT2D eigenvalue weighted by atomic mass is 10.1. The number of fused-ring (bicyclic) bond motifs is 1. The average Bonchev–Trinajstić information content (AvgIpc) is 3.30. The lowest BCUT2D eigenvalue weighted by Gasteiger charge is -2.21. The van der Waals surface area contributed by atoms with Crippen LogP contribution < -0.4 is 10.2 Å². The first-order valence-electron chi connectivity index (χ1n) is 10.9. The first kappa shape index (κ1) is 22.8. The normalized spacial score (nSPS) is 15.0. The largest absolute Gasteiger partial charge is 0.477 e. The SMILES string of the molecule is CCCNCC1CC1.CCc1nc2n(c1C(=O)O)CCN2c1c(C)cc(C)cc1Br. The number of carboxylic acid groups (broad SMARTS) is 1. The van der Waals surface area contributed by atoms with Crippen LogP contribution in [-0.4, -0.2) is 40.3 Å². The molecule has 0 amide bonds. The first-order valence-corrected chi connectivity index (χ1v) is 11.7. The maximum atomic E-state index is 11.5. The minimum Gasteiger partial charge on any atom is -0.477 e. The number of hydrogen-bond acceptors (Lipinski definition) is 4. The fourth-order valence-electron chi connectivity index (χ4n) is 3.96. The molecular formula is C23H33BrN4O2. The van der Waals surface area contributed by atoms with E-state index >= 15 is 0 Å². The first-order chi connectivity index (χ1) is 14.4. The van der Waals surface area contributed by atoms with Crippen LogP contribution in [0.15, 0.2) is 16.6 Å². The molecule has 6 nitrogen and oxygen atoms in total. The number of nitrogens with one attached hydrogen (secondary N) is 1. The third-order valence-electron chi connectivity index (χ3n) is 5.57. The Morgan fingerprint density at radius 2 is 2.00 bits per heavy atom. The second kappa shape index (κ2) is 9.96. The van der Waals surface area contributed by atoms with Gasteiger partial charge in [0.15, 0.2) is 5.69 Å². The second-order valence-corrected chi connectivity index (χ2v) is 9.08. The smallest absolute Gasteiger partial charge is 0.354 e. The summed E-state index contributed by atoms with van der Waals surface area (Å²) in [5, 5.41) is 12.9. The molecule has 1 aliphatic heterocycles. The fraction of sp³-hybridized carbons (Fsp3) is 0.565. The van der Waals surface area contributed by atoms with Crippen molar-refractivity contribution in [3.05, 3.63) is 39.1 Å². The highest BCUT2D eigenvalue weighted by atomic mass is 79.9. The van der Waals surface area contributed by atoms with E-state index in [1.54, 1.807) is 0 Å². The maximum absolute atomic E-state index is 11.5. The zero-order valence-electron chi connectivity index (χ0n) is 18.5. The van der Waals surface area contributed by atoms with Crippen LogP contribution in [0.3, 0.4) is 0 Å². The lowest BCUT2D eigenvalue weighted by molar-refractivity contribution is 0.0684. The minimum atomic E-state index is -0.905. The zero-order valence-corrected chi connectivity index (χ0v) is 20.0. The Bertz CT molecular complexity index is 882. The molecular weight excluding hydrogens is 444 g/mol. The maximum Gasteiger partial charge on any atom is 0.354 e. The van der Waals surface area contributed by atoms with E-state index in [2.05, 4.69) is 64.0 Å². The molecule has 0 saturated heterocycles. The molecule has 7 heteroatoms.